The summed E-state index contributed by atoms with van der Waals surface area (Å²) in [4.78, 5) is 16.5. The third-order valence-corrected chi connectivity index (χ3v) is 3.17. The van der Waals surface area contributed by atoms with Crippen molar-refractivity contribution in [1.29, 1.82) is 0 Å². The second-order valence-electron chi connectivity index (χ2n) is 4.97. The molecule has 3 N–H and O–H groups in total. The lowest BCUT2D eigenvalue weighted by Crippen LogP contribution is -2.43. The first-order valence-electron chi connectivity index (χ1n) is 6.09. The smallest absolute Gasteiger partial charge is 0.231 e. The number of hydrogen-bond acceptors (Lipinski definition) is 7. The van der Waals surface area contributed by atoms with Crippen LogP contribution in [0.3, 0.4) is 0 Å². The number of nitrogens with two attached hydrogens (primary N) is 1. The van der Waals surface area contributed by atoms with Crippen molar-refractivity contribution < 1.29 is 5.11 Å². The van der Waals surface area contributed by atoms with Crippen molar-refractivity contribution in [3.8, 4) is 0 Å². The number of aliphatic hydroxyl groups is 1. The first-order valence-corrected chi connectivity index (χ1v) is 6.09. The Hall–Kier alpha value is -1.63. The highest BCUT2D eigenvalue weighted by Crippen LogP contribution is 2.21. The highest BCUT2D eigenvalue weighted by atomic mass is 16.3. The molecular formula is C11H20N6O. The third kappa shape index (κ3) is 2.61. The molecule has 18 heavy (non-hydrogen) atoms. The van der Waals surface area contributed by atoms with Crippen LogP contribution in [0.1, 0.15) is 13.3 Å². The quantitative estimate of drug-likeness (QED) is 0.748. The van der Waals surface area contributed by atoms with E-state index >= 15 is 0 Å². The van der Waals surface area contributed by atoms with E-state index in [1.165, 1.54) is 0 Å². The van der Waals surface area contributed by atoms with Crippen molar-refractivity contribution in [2.75, 3.05) is 42.7 Å². The Morgan fingerprint density at radius 3 is 2.67 bits per heavy atom. The van der Waals surface area contributed by atoms with Gasteiger partial charge in [-0.3, -0.25) is 0 Å². The molecule has 0 spiro atoms. The average molecular weight is 252 g/mol. The van der Waals surface area contributed by atoms with Crippen LogP contribution in [-0.4, -0.2) is 53.3 Å². The fourth-order valence-corrected chi connectivity index (χ4v) is 2.03. The molecule has 0 amide bonds. The standard InChI is InChI=1S/C11H20N6O/c1-7-6-17(5-4-8(7)18)11-14-9(12)13-10(15-11)16(2)3/h7-8,18H,4-6H2,1-3H3,(H2,12,13,14,15). The summed E-state index contributed by atoms with van der Waals surface area (Å²) >= 11 is 0. The molecule has 0 aliphatic carbocycles. The molecule has 2 unspecified atom stereocenters. The number of rotatable bonds is 2. The zero-order chi connectivity index (χ0) is 13.3. The molecule has 1 aromatic heterocycles. The van der Waals surface area contributed by atoms with Gasteiger partial charge in [0.15, 0.2) is 0 Å². The number of aromatic nitrogens is 3. The van der Waals surface area contributed by atoms with E-state index in [1.807, 2.05) is 25.9 Å². The predicted molar refractivity (Wildman–Crippen MR) is 70.6 cm³/mol. The van der Waals surface area contributed by atoms with E-state index in [0.29, 0.717) is 11.9 Å². The van der Waals surface area contributed by atoms with Crippen LogP contribution in [0.4, 0.5) is 17.8 Å². The fraction of sp³-hybridized carbons (Fsp3) is 0.727. The first-order chi connectivity index (χ1) is 8.47. The predicted octanol–water partition coefficient (Wildman–Crippen LogP) is -0.273. The number of nitrogen functional groups attached to an aromatic ring is 1. The number of hydrogen-bond donors (Lipinski definition) is 2. The van der Waals surface area contributed by atoms with Gasteiger partial charge in [0.25, 0.3) is 0 Å². The average Bonchev–Trinajstić information content (AvgIpc) is 2.31. The van der Waals surface area contributed by atoms with Crippen LogP contribution >= 0.6 is 0 Å². The van der Waals surface area contributed by atoms with Crippen LogP contribution in [0, 0.1) is 5.92 Å². The molecule has 0 radical (unpaired) electrons. The Bertz CT molecular complexity index is 424. The Kier molecular flexibility index (Phi) is 3.51. The van der Waals surface area contributed by atoms with Crippen molar-refractivity contribution in [2.45, 2.75) is 19.4 Å². The van der Waals surface area contributed by atoms with E-state index in [2.05, 4.69) is 15.0 Å². The molecule has 2 rings (SSSR count). The minimum Gasteiger partial charge on any atom is -0.393 e. The number of nitrogens with zero attached hydrogens (tertiary/aromatic N) is 5. The van der Waals surface area contributed by atoms with Gasteiger partial charge in [0.05, 0.1) is 6.10 Å². The van der Waals surface area contributed by atoms with Crippen LogP contribution in [-0.2, 0) is 0 Å². The van der Waals surface area contributed by atoms with Gasteiger partial charge >= 0.3 is 0 Å². The summed E-state index contributed by atoms with van der Waals surface area (Å²) in [7, 11) is 3.72. The van der Waals surface area contributed by atoms with E-state index in [0.717, 1.165) is 19.5 Å². The normalized spacial score (nSPS) is 24.1. The van der Waals surface area contributed by atoms with Gasteiger partial charge in [0.1, 0.15) is 0 Å². The van der Waals surface area contributed by atoms with E-state index in [1.54, 1.807) is 4.90 Å². The zero-order valence-electron chi connectivity index (χ0n) is 11.0. The van der Waals surface area contributed by atoms with E-state index < -0.39 is 0 Å². The minimum absolute atomic E-state index is 0.208. The molecule has 1 aliphatic heterocycles. The molecule has 100 valence electrons. The molecule has 1 aromatic rings. The molecule has 2 heterocycles. The Morgan fingerprint density at radius 1 is 1.33 bits per heavy atom. The summed E-state index contributed by atoms with van der Waals surface area (Å²) in [5.41, 5.74) is 5.70. The molecule has 1 saturated heterocycles. The monoisotopic (exact) mass is 252 g/mol. The SMILES string of the molecule is CC1CN(c2nc(N)nc(N(C)C)n2)CCC1O. The van der Waals surface area contributed by atoms with Gasteiger partial charge in [-0.25, -0.2) is 0 Å². The highest BCUT2D eigenvalue weighted by Gasteiger charge is 2.26. The van der Waals surface area contributed by atoms with E-state index in [9.17, 15) is 5.11 Å². The van der Waals surface area contributed by atoms with Crippen LogP contribution in [0.5, 0.6) is 0 Å². The van der Waals surface area contributed by atoms with Crippen molar-refractivity contribution in [3.63, 3.8) is 0 Å². The van der Waals surface area contributed by atoms with E-state index in [4.69, 9.17) is 5.73 Å². The van der Waals surface area contributed by atoms with Crippen molar-refractivity contribution in [2.24, 2.45) is 5.92 Å². The number of anilines is 3. The summed E-state index contributed by atoms with van der Waals surface area (Å²) in [6.45, 7) is 3.49. The lowest BCUT2D eigenvalue weighted by Gasteiger charge is -2.34. The number of piperidine rings is 1. The van der Waals surface area contributed by atoms with Crippen LogP contribution < -0.4 is 15.5 Å². The van der Waals surface area contributed by atoms with Gasteiger partial charge < -0.3 is 20.6 Å². The van der Waals surface area contributed by atoms with Gasteiger partial charge in [0, 0.05) is 27.2 Å². The Labute approximate surface area is 107 Å². The van der Waals surface area contributed by atoms with Crippen molar-refractivity contribution in [3.05, 3.63) is 0 Å². The maximum absolute atomic E-state index is 9.73. The highest BCUT2D eigenvalue weighted by molar-refractivity contribution is 5.43. The Balaban J connectivity index is 2.23. The summed E-state index contributed by atoms with van der Waals surface area (Å²) in [5, 5.41) is 9.73. The molecule has 7 nitrogen and oxygen atoms in total. The van der Waals surface area contributed by atoms with Crippen LogP contribution in [0.15, 0.2) is 0 Å². The maximum Gasteiger partial charge on any atom is 0.231 e. The van der Waals surface area contributed by atoms with E-state index in [-0.39, 0.29) is 18.0 Å². The lowest BCUT2D eigenvalue weighted by atomic mass is 9.97. The lowest BCUT2D eigenvalue weighted by molar-refractivity contribution is 0.0966. The summed E-state index contributed by atoms with van der Waals surface area (Å²) in [6, 6.07) is 0. The maximum atomic E-state index is 9.73. The van der Waals surface area contributed by atoms with Crippen LogP contribution in [0.2, 0.25) is 0 Å². The number of aliphatic hydroxyl groups excluding tert-OH is 1. The van der Waals surface area contributed by atoms with Gasteiger partial charge in [-0.15, -0.1) is 0 Å². The fourth-order valence-electron chi connectivity index (χ4n) is 2.03. The molecule has 1 aliphatic rings. The Morgan fingerprint density at radius 2 is 2.06 bits per heavy atom. The van der Waals surface area contributed by atoms with Crippen molar-refractivity contribution in [1.82, 2.24) is 15.0 Å². The molecule has 2 atom stereocenters. The minimum atomic E-state index is -0.242. The molecule has 7 heteroatoms. The molecule has 0 aromatic carbocycles. The van der Waals surface area contributed by atoms with Crippen LogP contribution in [0.25, 0.3) is 0 Å². The summed E-state index contributed by atoms with van der Waals surface area (Å²) in [6.07, 6.45) is 0.484. The summed E-state index contributed by atoms with van der Waals surface area (Å²) in [5.74, 6) is 1.57. The second-order valence-corrected chi connectivity index (χ2v) is 4.97. The zero-order valence-corrected chi connectivity index (χ0v) is 11.0. The molecular weight excluding hydrogens is 232 g/mol. The van der Waals surface area contributed by atoms with Gasteiger partial charge in [-0.2, -0.15) is 15.0 Å². The van der Waals surface area contributed by atoms with Gasteiger partial charge in [-0.05, 0) is 12.3 Å². The largest absolute Gasteiger partial charge is 0.393 e. The third-order valence-electron chi connectivity index (χ3n) is 3.17. The summed E-state index contributed by atoms with van der Waals surface area (Å²) < 4.78 is 0. The van der Waals surface area contributed by atoms with Gasteiger partial charge in [0.2, 0.25) is 17.8 Å². The van der Waals surface area contributed by atoms with Gasteiger partial charge in [-0.1, -0.05) is 6.92 Å². The molecule has 0 saturated carbocycles. The first kappa shape index (κ1) is 12.8. The topological polar surface area (TPSA) is 91.4 Å². The molecule has 0 bridgehead atoms. The second kappa shape index (κ2) is 4.93. The molecule has 1 fully saturated rings. The van der Waals surface area contributed by atoms with Crippen molar-refractivity contribution >= 4 is 17.8 Å².